The molecule has 0 aliphatic carbocycles. The van der Waals surface area contributed by atoms with E-state index in [-0.39, 0.29) is 36.2 Å². The number of hydrogen-bond acceptors (Lipinski definition) is 5. The van der Waals surface area contributed by atoms with Crippen molar-refractivity contribution in [1.82, 2.24) is 20.1 Å². The van der Waals surface area contributed by atoms with Crippen molar-refractivity contribution in [2.75, 3.05) is 11.9 Å². The highest BCUT2D eigenvalue weighted by molar-refractivity contribution is 5.95. The molecule has 2 aromatic rings. The van der Waals surface area contributed by atoms with E-state index in [9.17, 15) is 14.0 Å². The third kappa shape index (κ3) is 5.50. The fourth-order valence-electron chi connectivity index (χ4n) is 1.90. The Hall–Kier alpha value is -2.52. The third-order valence-corrected chi connectivity index (χ3v) is 3.34. The first-order chi connectivity index (χ1) is 11.4. The first-order valence-electron chi connectivity index (χ1n) is 7.36. The third-order valence-electron chi connectivity index (χ3n) is 3.34. The fraction of sp³-hybridized carbons (Fsp3) is 0.333. The lowest BCUT2D eigenvalue weighted by Gasteiger charge is -2.15. The number of nitrogens with two attached hydrogens (primary N) is 1. The van der Waals surface area contributed by atoms with E-state index in [0.29, 0.717) is 0 Å². The SMILES string of the molecule is CC(C)[C@H](N)C(=O)NCC(=O)Nc1ccc(-n2cncn2)c(F)c1.Cl. The fourth-order valence-corrected chi connectivity index (χ4v) is 1.90. The Balaban J connectivity index is 0.00000312. The maximum absolute atomic E-state index is 14.0. The Bertz CT molecular complexity index is 723. The monoisotopic (exact) mass is 370 g/mol. The Kier molecular flexibility index (Phi) is 7.46. The molecule has 1 heterocycles. The molecule has 0 spiro atoms. The van der Waals surface area contributed by atoms with Crippen LogP contribution in [0.15, 0.2) is 30.9 Å². The molecule has 0 fully saturated rings. The largest absolute Gasteiger partial charge is 0.346 e. The predicted octanol–water partition coefficient (Wildman–Crippen LogP) is 0.866. The van der Waals surface area contributed by atoms with Crippen LogP contribution in [0.2, 0.25) is 0 Å². The van der Waals surface area contributed by atoms with Gasteiger partial charge in [-0.3, -0.25) is 9.59 Å². The van der Waals surface area contributed by atoms with Crippen LogP contribution < -0.4 is 16.4 Å². The second kappa shape index (κ2) is 9.09. The van der Waals surface area contributed by atoms with E-state index >= 15 is 0 Å². The van der Waals surface area contributed by atoms with Crippen LogP contribution in [0.25, 0.3) is 5.69 Å². The lowest BCUT2D eigenvalue weighted by molar-refractivity contribution is -0.125. The van der Waals surface area contributed by atoms with E-state index < -0.39 is 23.7 Å². The summed E-state index contributed by atoms with van der Waals surface area (Å²) in [7, 11) is 0. The van der Waals surface area contributed by atoms with E-state index in [1.54, 1.807) is 0 Å². The van der Waals surface area contributed by atoms with Crippen molar-refractivity contribution in [3.63, 3.8) is 0 Å². The number of carbonyl (C=O) groups excluding carboxylic acids is 2. The van der Waals surface area contributed by atoms with Crippen LogP contribution in [0.4, 0.5) is 10.1 Å². The average Bonchev–Trinajstić information content (AvgIpc) is 3.06. The number of carbonyl (C=O) groups is 2. The maximum Gasteiger partial charge on any atom is 0.243 e. The van der Waals surface area contributed by atoms with Crippen molar-refractivity contribution in [3.8, 4) is 5.69 Å². The first kappa shape index (κ1) is 20.5. The minimum atomic E-state index is -0.683. The second-order valence-electron chi connectivity index (χ2n) is 5.54. The van der Waals surface area contributed by atoms with Crippen molar-refractivity contribution < 1.29 is 14.0 Å². The molecule has 0 radical (unpaired) electrons. The maximum atomic E-state index is 14.0. The van der Waals surface area contributed by atoms with E-state index in [1.807, 2.05) is 13.8 Å². The van der Waals surface area contributed by atoms with Gasteiger partial charge in [-0.1, -0.05) is 13.8 Å². The highest BCUT2D eigenvalue weighted by atomic mass is 35.5. The van der Waals surface area contributed by atoms with Gasteiger partial charge in [0.1, 0.15) is 18.3 Å². The predicted molar refractivity (Wildman–Crippen MR) is 93.0 cm³/mol. The van der Waals surface area contributed by atoms with Gasteiger partial charge in [0.2, 0.25) is 11.8 Å². The second-order valence-corrected chi connectivity index (χ2v) is 5.54. The van der Waals surface area contributed by atoms with Gasteiger partial charge in [-0.05, 0) is 24.1 Å². The summed E-state index contributed by atoms with van der Waals surface area (Å²) in [6.45, 7) is 3.37. The molecule has 0 bridgehead atoms. The Labute approximate surface area is 150 Å². The molecule has 1 aromatic carbocycles. The number of halogens is 2. The molecule has 0 aliphatic heterocycles. The molecule has 25 heavy (non-hydrogen) atoms. The summed E-state index contributed by atoms with van der Waals surface area (Å²) >= 11 is 0. The lowest BCUT2D eigenvalue weighted by atomic mass is 10.1. The molecular formula is C15H20ClFN6O2. The average molecular weight is 371 g/mol. The number of hydrogen-bond donors (Lipinski definition) is 3. The Morgan fingerprint density at radius 3 is 2.64 bits per heavy atom. The van der Waals surface area contributed by atoms with Crippen molar-refractivity contribution in [2.24, 2.45) is 11.7 Å². The van der Waals surface area contributed by atoms with Gasteiger partial charge in [0, 0.05) is 5.69 Å². The normalized spacial score (nSPS) is 11.6. The van der Waals surface area contributed by atoms with Crippen molar-refractivity contribution in [2.45, 2.75) is 19.9 Å². The van der Waals surface area contributed by atoms with Crippen LogP contribution in [0.1, 0.15) is 13.8 Å². The van der Waals surface area contributed by atoms with Crippen molar-refractivity contribution in [3.05, 3.63) is 36.7 Å². The Morgan fingerprint density at radius 1 is 1.36 bits per heavy atom. The summed E-state index contributed by atoms with van der Waals surface area (Å²) in [4.78, 5) is 27.2. The summed E-state index contributed by atoms with van der Waals surface area (Å²) < 4.78 is 15.3. The minimum Gasteiger partial charge on any atom is -0.346 e. The Morgan fingerprint density at radius 2 is 2.08 bits per heavy atom. The summed E-state index contributed by atoms with van der Waals surface area (Å²) in [6.07, 6.45) is 2.66. The summed E-state index contributed by atoms with van der Waals surface area (Å²) in [6, 6.07) is 3.47. The molecule has 1 atom stereocenters. The van der Waals surface area contributed by atoms with Crippen LogP contribution in [-0.2, 0) is 9.59 Å². The lowest BCUT2D eigenvalue weighted by Crippen LogP contribution is -2.46. The smallest absolute Gasteiger partial charge is 0.243 e. The molecule has 2 amide bonds. The van der Waals surface area contributed by atoms with Crippen LogP contribution in [-0.4, -0.2) is 39.2 Å². The number of benzene rings is 1. The molecule has 10 heteroatoms. The molecule has 0 aliphatic rings. The number of aromatic nitrogens is 3. The standard InChI is InChI=1S/C15H19FN6O2.ClH/c1-9(2)14(17)15(24)19-6-13(23)21-10-3-4-12(11(16)5-10)22-8-18-7-20-22;/h3-5,7-9,14H,6,17H2,1-2H3,(H,19,24)(H,21,23);1H/t14-;/m0./s1. The van der Waals surface area contributed by atoms with E-state index in [1.165, 1.54) is 29.5 Å². The van der Waals surface area contributed by atoms with Crippen molar-refractivity contribution in [1.29, 1.82) is 0 Å². The number of amides is 2. The molecule has 136 valence electrons. The minimum absolute atomic E-state index is 0. The van der Waals surface area contributed by atoms with E-state index in [0.717, 1.165) is 6.07 Å². The van der Waals surface area contributed by atoms with Gasteiger partial charge in [0.05, 0.1) is 12.6 Å². The molecule has 2 rings (SSSR count). The van der Waals surface area contributed by atoms with Gasteiger partial charge in [-0.25, -0.2) is 14.1 Å². The molecule has 0 saturated heterocycles. The molecule has 4 N–H and O–H groups in total. The van der Waals surface area contributed by atoms with Gasteiger partial charge < -0.3 is 16.4 Å². The van der Waals surface area contributed by atoms with E-state index in [2.05, 4.69) is 20.7 Å². The highest BCUT2D eigenvalue weighted by Gasteiger charge is 2.17. The summed E-state index contributed by atoms with van der Waals surface area (Å²) in [5, 5.41) is 8.78. The summed E-state index contributed by atoms with van der Waals surface area (Å²) in [5.41, 5.74) is 6.15. The molecular weight excluding hydrogens is 351 g/mol. The van der Waals surface area contributed by atoms with E-state index in [4.69, 9.17) is 5.73 Å². The molecule has 8 nitrogen and oxygen atoms in total. The topological polar surface area (TPSA) is 115 Å². The van der Waals surface area contributed by atoms with Gasteiger partial charge in [-0.2, -0.15) is 5.10 Å². The highest BCUT2D eigenvalue weighted by Crippen LogP contribution is 2.17. The van der Waals surface area contributed by atoms with Gasteiger partial charge in [0.25, 0.3) is 0 Å². The van der Waals surface area contributed by atoms with Crippen LogP contribution in [0.3, 0.4) is 0 Å². The van der Waals surface area contributed by atoms with Crippen molar-refractivity contribution >= 4 is 29.9 Å². The molecule has 0 unspecified atom stereocenters. The zero-order valence-electron chi connectivity index (χ0n) is 13.8. The zero-order valence-corrected chi connectivity index (χ0v) is 14.6. The number of rotatable bonds is 6. The van der Waals surface area contributed by atoms with Crippen LogP contribution in [0, 0.1) is 11.7 Å². The van der Waals surface area contributed by atoms with Crippen LogP contribution in [0.5, 0.6) is 0 Å². The molecule has 1 aromatic heterocycles. The zero-order chi connectivity index (χ0) is 17.7. The summed E-state index contributed by atoms with van der Waals surface area (Å²) in [5.74, 6) is -1.49. The first-order valence-corrected chi connectivity index (χ1v) is 7.36. The van der Waals surface area contributed by atoms with Gasteiger partial charge in [-0.15, -0.1) is 12.4 Å². The van der Waals surface area contributed by atoms with Gasteiger partial charge >= 0.3 is 0 Å². The van der Waals surface area contributed by atoms with Crippen LogP contribution >= 0.6 is 12.4 Å². The molecule has 0 saturated carbocycles. The quantitative estimate of drug-likeness (QED) is 0.697. The number of nitrogens with one attached hydrogen (secondary N) is 2. The number of nitrogens with zero attached hydrogens (tertiary/aromatic N) is 3. The number of anilines is 1. The van der Waals surface area contributed by atoms with Gasteiger partial charge in [0.15, 0.2) is 5.82 Å².